The van der Waals surface area contributed by atoms with Crippen LogP contribution < -0.4 is 10.2 Å². The first-order valence-corrected chi connectivity index (χ1v) is 7.91. The van der Waals surface area contributed by atoms with Crippen molar-refractivity contribution >= 4 is 17.5 Å². The summed E-state index contributed by atoms with van der Waals surface area (Å²) >= 11 is 0. The van der Waals surface area contributed by atoms with Gasteiger partial charge in [-0.05, 0) is 37.3 Å². The molecule has 1 N–H and O–H groups in total. The number of pyridine rings is 1. The molecular formula is C17H21N3O2. The van der Waals surface area contributed by atoms with E-state index in [1.807, 2.05) is 6.07 Å². The first-order chi connectivity index (χ1) is 10.7. The van der Waals surface area contributed by atoms with Gasteiger partial charge in [-0.3, -0.25) is 14.6 Å². The number of nitrogens with one attached hydrogen (secondary N) is 1. The molecule has 5 nitrogen and oxygen atoms in total. The molecule has 0 aromatic carbocycles. The van der Waals surface area contributed by atoms with Crippen molar-refractivity contribution in [3.05, 3.63) is 36.2 Å². The molecule has 0 spiro atoms. The SMILES string of the molecule is O=C(NCc1cncc(N2CCCC2=O)c1)[C@H]1CC=CCC1. The zero-order valence-electron chi connectivity index (χ0n) is 12.6. The van der Waals surface area contributed by atoms with Crippen LogP contribution in [0.1, 0.15) is 37.7 Å². The Bertz CT molecular complexity index is 597. The van der Waals surface area contributed by atoms with Crippen molar-refractivity contribution in [1.82, 2.24) is 10.3 Å². The highest BCUT2D eigenvalue weighted by molar-refractivity contribution is 5.95. The van der Waals surface area contributed by atoms with Gasteiger partial charge in [-0.2, -0.15) is 0 Å². The lowest BCUT2D eigenvalue weighted by Gasteiger charge is -2.18. The van der Waals surface area contributed by atoms with E-state index in [9.17, 15) is 9.59 Å². The molecule has 1 aromatic heterocycles. The third-order valence-corrected chi connectivity index (χ3v) is 4.27. The van der Waals surface area contributed by atoms with Crippen LogP contribution in [-0.2, 0) is 16.1 Å². The zero-order valence-corrected chi connectivity index (χ0v) is 12.6. The Morgan fingerprint density at radius 2 is 2.27 bits per heavy atom. The van der Waals surface area contributed by atoms with Gasteiger partial charge < -0.3 is 10.2 Å². The molecule has 2 amide bonds. The van der Waals surface area contributed by atoms with Crippen molar-refractivity contribution in [1.29, 1.82) is 0 Å². The number of rotatable bonds is 4. The van der Waals surface area contributed by atoms with E-state index in [4.69, 9.17) is 0 Å². The van der Waals surface area contributed by atoms with Gasteiger partial charge in [0, 0.05) is 31.6 Å². The summed E-state index contributed by atoms with van der Waals surface area (Å²) < 4.78 is 0. The molecule has 5 heteroatoms. The highest BCUT2D eigenvalue weighted by Gasteiger charge is 2.22. The minimum atomic E-state index is 0.0845. The molecule has 1 aromatic rings. The van der Waals surface area contributed by atoms with E-state index in [0.717, 1.165) is 43.5 Å². The van der Waals surface area contributed by atoms with Gasteiger partial charge in [-0.1, -0.05) is 12.2 Å². The molecule has 1 aliphatic carbocycles. The van der Waals surface area contributed by atoms with Crippen LogP contribution in [0.25, 0.3) is 0 Å². The van der Waals surface area contributed by atoms with Crippen LogP contribution in [0.2, 0.25) is 0 Å². The van der Waals surface area contributed by atoms with Crippen molar-refractivity contribution in [3.63, 3.8) is 0 Å². The summed E-state index contributed by atoms with van der Waals surface area (Å²) in [6.07, 6.45) is 11.9. The second-order valence-corrected chi connectivity index (χ2v) is 5.90. The van der Waals surface area contributed by atoms with Gasteiger partial charge in [0.1, 0.15) is 0 Å². The molecule has 0 saturated carbocycles. The normalized spacial score (nSPS) is 21.2. The number of allylic oxidation sites excluding steroid dienone is 2. The number of amides is 2. The molecular weight excluding hydrogens is 278 g/mol. The molecule has 1 atom stereocenters. The molecule has 1 fully saturated rings. The van der Waals surface area contributed by atoms with Gasteiger partial charge in [0.25, 0.3) is 0 Å². The molecule has 116 valence electrons. The highest BCUT2D eigenvalue weighted by Crippen LogP contribution is 2.21. The minimum absolute atomic E-state index is 0.0845. The molecule has 0 radical (unpaired) electrons. The fourth-order valence-electron chi connectivity index (χ4n) is 3.00. The predicted octanol–water partition coefficient (Wildman–Crippen LogP) is 2.18. The summed E-state index contributed by atoms with van der Waals surface area (Å²) in [7, 11) is 0. The van der Waals surface area contributed by atoms with Crippen molar-refractivity contribution in [2.75, 3.05) is 11.4 Å². The van der Waals surface area contributed by atoms with Crippen molar-refractivity contribution < 1.29 is 9.59 Å². The van der Waals surface area contributed by atoms with E-state index < -0.39 is 0 Å². The predicted molar refractivity (Wildman–Crippen MR) is 84.2 cm³/mol. The number of nitrogens with zero attached hydrogens (tertiary/aromatic N) is 2. The van der Waals surface area contributed by atoms with Crippen LogP contribution in [-0.4, -0.2) is 23.3 Å². The second-order valence-electron chi connectivity index (χ2n) is 5.90. The summed E-state index contributed by atoms with van der Waals surface area (Å²) in [5.41, 5.74) is 1.76. The monoisotopic (exact) mass is 299 g/mol. The van der Waals surface area contributed by atoms with E-state index in [1.54, 1.807) is 17.3 Å². The largest absolute Gasteiger partial charge is 0.352 e. The Morgan fingerprint density at radius 1 is 1.36 bits per heavy atom. The first-order valence-electron chi connectivity index (χ1n) is 7.91. The summed E-state index contributed by atoms with van der Waals surface area (Å²) in [4.78, 5) is 29.9. The molecule has 1 saturated heterocycles. The fraction of sp³-hybridized carbons (Fsp3) is 0.471. The summed E-state index contributed by atoms with van der Waals surface area (Å²) in [5.74, 6) is 0.338. The van der Waals surface area contributed by atoms with E-state index in [-0.39, 0.29) is 17.7 Å². The van der Waals surface area contributed by atoms with Gasteiger partial charge in [-0.25, -0.2) is 0 Å². The van der Waals surface area contributed by atoms with Crippen LogP contribution in [0.4, 0.5) is 5.69 Å². The number of carbonyl (C=O) groups is 2. The Labute approximate surface area is 130 Å². The number of carbonyl (C=O) groups excluding carboxylic acids is 2. The van der Waals surface area contributed by atoms with Gasteiger partial charge in [-0.15, -0.1) is 0 Å². The molecule has 2 aliphatic rings. The smallest absolute Gasteiger partial charge is 0.227 e. The molecule has 0 bridgehead atoms. The highest BCUT2D eigenvalue weighted by atomic mass is 16.2. The minimum Gasteiger partial charge on any atom is -0.352 e. The number of hydrogen-bond donors (Lipinski definition) is 1. The molecule has 1 aliphatic heterocycles. The van der Waals surface area contributed by atoms with E-state index in [1.165, 1.54) is 0 Å². The van der Waals surface area contributed by atoms with Gasteiger partial charge in [0.2, 0.25) is 11.8 Å². The second kappa shape index (κ2) is 6.73. The number of anilines is 1. The summed E-state index contributed by atoms with van der Waals surface area (Å²) in [6.45, 7) is 1.21. The Kier molecular flexibility index (Phi) is 4.51. The maximum absolute atomic E-state index is 12.1. The van der Waals surface area contributed by atoms with E-state index in [2.05, 4.69) is 22.5 Å². The number of aromatic nitrogens is 1. The van der Waals surface area contributed by atoms with Crippen LogP contribution in [0, 0.1) is 5.92 Å². The average Bonchev–Trinajstić information content (AvgIpc) is 3.00. The van der Waals surface area contributed by atoms with Crippen LogP contribution in [0.15, 0.2) is 30.6 Å². The lowest BCUT2D eigenvalue weighted by Crippen LogP contribution is -2.31. The summed E-state index contributed by atoms with van der Waals surface area (Å²) in [6, 6.07) is 1.94. The molecule has 0 unspecified atom stereocenters. The quantitative estimate of drug-likeness (QED) is 0.867. The first kappa shape index (κ1) is 14.8. The topological polar surface area (TPSA) is 62.3 Å². The lowest BCUT2D eigenvalue weighted by molar-refractivity contribution is -0.125. The third-order valence-electron chi connectivity index (χ3n) is 4.27. The Morgan fingerprint density at radius 3 is 3.00 bits per heavy atom. The maximum Gasteiger partial charge on any atom is 0.227 e. The van der Waals surface area contributed by atoms with Crippen LogP contribution in [0.5, 0.6) is 0 Å². The summed E-state index contributed by atoms with van der Waals surface area (Å²) in [5, 5.41) is 2.98. The van der Waals surface area contributed by atoms with Gasteiger partial charge in [0.05, 0.1) is 11.9 Å². The molecule has 22 heavy (non-hydrogen) atoms. The third kappa shape index (κ3) is 3.35. The Hall–Kier alpha value is -2.17. The van der Waals surface area contributed by atoms with Crippen molar-refractivity contribution in [3.8, 4) is 0 Å². The average molecular weight is 299 g/mol. The van der Waals surface area contributed by atoms with E-state index >= 15 is 0 Å². The number of hydrogen-bond acceptors (Lipinski definition) is 3. The van der Waals surface area contributed by atoms with Crippen LogP contribution in [0.3, 0.4) is 0 Å². The zero-order chi connectivity index (χ0) is 15.4. The lowest BCUT2D eigenvalue weighted by atomic mass is 9.93. The fourth-order valence-corrected chi connectivity index (χ4v) is 3.00. The molecule has 2 heterocycles. The Balaban J connectivity index is 1.59. The van der Waals surface area contributed by atoms with Gasteiger partial charge in [0.15, 0.2) is 0 Å². The molecule has 3 rings (SSSR count). The van der Waals surface area contributed by atoms with Gasteiger partial charge >= 0.3 is 0 Å². The van der Waals surface area contributed by atoms with Crippen LogP contribution >= 0.6 is 0 Å². The van der Waals surface area contributed by atoms with Crippen molar-refractivity contribution in [2.24, 2.45) is 5.92 Å². The van der Waals surface area contributed by atoms with E-state index in [0.29, 0.717) is 13.0 Å². The van der Waals surface area contributed by atoms with Crippen molar-refractivity contribution in [2.45, 2.75) is 38.6 Å². The maximum atomic E-state index is 12.1. The standard InChI is InChI=1S/C17H21N3O2/c21-16-7-4-8-20(16)15-9-13(10-18-12-15)11-19-17(22)14-5-2-1-3-6-14/h1-2,9-10,12,14H,3-8,11H2,(H,19,22)/t14-/m0/s1.